The van der Waals surface area contributed by atoms with Crippen molar-refractivity contribution in [1.82, 2.24) is 15.3 Å². The molecule has 2 atom stereocenters. The van der Waals surface area contributed by atoms with Crippen LogP contribution < -0.4 is 11.1 Å². The van der Waals surface area contributed by atoms with Crippen molar-refractivity contribution < 1.29 is 9.63 Å². The smallest absolute Gasteiger partial charge is 0.273 e. The predicted octanol–water partition coefficient (Wildman–Crippen LogP) is 2.26. The first-order chi connectivity index (χ1) is 13.6. The first-order valence-electron chi connectivity index (χ1n) is 10.2. The van der Waals surface area contributed by atoms with Crippen LogP contribution in [0.1, 0.15) is 42.9 Å². The highest BCUT2D eigenvalue weighted by Crippen LogP contribution is 2.36. The Kier molecular flexibility index (Phi) is 5.82. The topological polar surface area (TPSA) is 83.2 Å². The van der Waals surface area contributed by atoms with Crippen LogP contribution in [0.5, 0.6) is 0 Å². The molecular formula is C20H29N5O2S. The summed E-state index contributed by atoms with van der Waals surface area (Å²) in [7, 11) is 0. The van der Waals surface area contributed by atoms with Gasteiger partial charge in [0, 0.05) is 55.1 Å². The van der Waals surface area contributed by atoms with Crippen LogP contribution >= 0.6 is 11.3 Å². The second-order valence-corrected chi connectivity index (χ2v) is 8.83. The number of hydrogen-bond acceptors (Lipinski definition) is 7. The molecule has 2 bridgehead atoms. The zero-order chi connectivity index (χ0) is 19.7. The van der Waals surface area contributed by atoms with Gasteiger partial charge in [-0.1, -0.05) is 6.92 Å². The highest BCUT2D eigenvalue weighted by Gasteiger charge is 2.37. The van der Waals surface area contributed by atoms with Crippen LogP contribution in [0, 0.1) is 0 Å². The largest absolute Gasteiger partial charge is 0.387 e. The fraction of sp³-hybridized carbons (Fsp3) is 0.600. The number of amides is 1. The maximum atomic E-state index is 13.0. The summed E-state index contributed by atoms with van der Waals surface area (Å²) in [6.45, 7) is 8.08. The molecule has 4 heterocycles. The van der Waals surface area contributed by atoms with Gasteiger partial charge in [-0.25, -0.2) is 10.1 Å². The van der Waals surface area contributed by atoms with Crippen LogP contribution in [0.25, 0.3) is 6.08 Å². The number of rotatable bonds is 7. The fourth-order valence-electron chi connectivity index (χ4n) is 4.24. The van der Waals surface area contributed by atoms with E-state index in [-0.39, 0.29) is 5.91 Å². The molecule has 2 fully saturated rings. The van der Waals surface area contributed by atoms with E-state index in [1.807, 2.05) is 19.9 Å². The maximum Gasteiger partial charge on any atom is 0.273 e. The Bertz CT molecular complexity index is 797. The molecule has 1 aromatic rings. The van der Waals surface area contributed by atoms with E-state index in [0.717, 1.165) is 36.6 Å². The lowest BCUT2D eigenvalue weighted by Crippen LogP contribution is -2.42. The van der Waals surface area contributed by atoms with E-state index in [0.29, 0.717) is 43.1 Å². The van der Waals surface area contributed by atoms with Crippen molar-refractivity contribution in [3.63, 3.8) is 0 Å². The lowest BCUT2D eigenvalue weighted by atomic mass is 10.1. The number of carbonyl (C=O) groups is 1. The third-order valence-corrected chi connectivity index (χ3v) is 6.53. The molecule has 3 N–H and O–H groups in total. The molecule has 3 aliphatic heterocycles. The molecule has 28 heavy (non-hydrogen) atoms. The van der Waals surface area contributed by atoms with Gasteiger partial charge >= 0.3 is 0 Å². The first-order valence-corrected chi connectivity index (χ1v) is 11.0. The van der Waals surface area contributed by atoms with E-state index in [1.54, 1.807) is 11.3 Å². The Labute approximate surface area is 170 Å². The first kappa shape index (κ1) is 19.6. The summed E-state index contributed by atoms with van der Waals surface area (Å²) in [6.07, 6.45) is 4.39. The minimum absolute atomic E-state index is 0.118. The van der Waals surface area contributed by atoms with E-state index in [4.69, 9.17) is 10.6 Å². The second-order valence-electron chi connectivity index (χ2n) is 7.66. The van der Waals surface area contributed by atoms with Gasteiger partial charge in [0.05, 0.1) is 17.2 Å². The summed E-state index contributed by atoms with van der Waals surface area (Å²) in [6, 6.07) is 3.41. The third kappa shape index (κ3) is 4.00. The van der Waals surface area contributed by atoms with Crippen molar-refractivity contribution in [2.75, 3.05) is 26.2 Å². The molecule has 0 aliphatic carbocycles. The second kappa shape index (κ2) is 8.32. The van der Waals surface area contributed by atoms with Crippen molar-refractivity contribution in [1.29, 1.82) is 0 Å². The van der Waals surface area contributed by atoms with Crippen molar-refractivity contribution >= 4 is 34.8 Å². The molecule has 4 rings (SSSR count). The molecule has 7 nitrogen and oxygen atoms in total. The number of nitrogens with zero attached hydrogens (tertiary/aromatic N) is 3. The molecule has 0 saturated carbocycles. The van der Waals surface area contributed by atoms with Gasteiger partial charge in [-0.15, -0.1) is 11.3 Å². The average molecular weight is 404 g/mol. The zero-order valence-electron chi connectivity index (χ0n) is 16.6. The lowest BCUT2D eigenvalue weighted by molar-refractivity contribution is -0.180. The Hall–Kier alpha value is -1.74. The Morgan fingerprint density at radius 3 is 3.04 bits per heavy atom. The highest BCUT2D eigenvalue weighted by atomic mass is 32.1. The van der Waals surface area contributed by atoms with Crippen LogP contribution in [0.3, 0.4) is 0 Å². The van der Waals surface area contributed by atoms with Gasteiger partial charge in [-0.2, -0.15) is 0 Å². The quantitative estimate of drug-likeness (QED) is 0.683. The molecular weight excluding hydrogens is 374 g/mol. The molecule has 0 radical (unpaired) electrons. The van der Waals surface area contributed by atoms with Crippen LogP contribution in [-0.2, 0) is 16.2 Å². The molecule has 3 aliphatic rings. The number of piperazine rings is 1. The monoisotopic (exact) mass is 403 g/mol. The number of hydroxylamine groups is 2. The van der Waals surface area contributed by atoms with Gasteiger partial charge in [0.1, 0.15) is 5.84 Å². The van der Waals surface area contributed by atoms with Gasteiger partial charge in [0.2, 0.25) is 0 Å². The number of fused-ring (bicyclic) bond motifs is 3. The molecule has 0 unspecified atom stereocenters. The zero-order valence-corrected chi connectivity index (χ0v) is 17.4. The predicted molar refractivity (Wildman–Crippen MR) is 112 cm³/mol. The van der Waals surface area contributed by atoms with Crippen LogP contribution in [-0.4, -0.2) is 60.0 Å². The van der Waals surface area contributed by atoms with Crippen molar-refractivity contribution in [3.8, 4) is 0 Å². The van der Waals surface area contributed by atoms with Crippen LogP contribution in [0.2, 0.25) is 0 Å². The summed E-state index contributed by atoms with van der Waals surface area (Å²) in [5.74, 6) is 0.354. The third-order valence-electron chi connectivity index (χ3n) is 5.47. The minimum atomic E-state index is -0.118. The number of nitrogens with two attached hydrogens (primary N) is 1. The SMILES string of the molecule is CCCN(OCC)C(=O)C1=Cc2sc(CN3C[C@H]4C[C@@H]3CN4)cc2N=C(N)C1. The van der Waals surface area contributed by atoms with E-state index in [9.17, 15) is 4.79 Å². The molecule has 8 heteroatoms. The highest BCUT2D eigenvalue weighted by molar-refractivity contribution is 7.13. The summed E-state index contributed by atoms with van der Waals surface area (Å²) in [5, 5.41) is 5.00. The number of carbonyl (C=O) groups excluding carboxylic acids is 1. The molecule has 2 saturated heterocycles. The summed E-state index contributed by atoms with van der Waals surface area (Å²) >= 11 is 1.71. The van der Waals surface area contributed by atoms with E-state index in [1.165, 1.54) is 16.4 Å². The minimum Gasteiger partial charge on any atom is -0.387 e. The summed E-state index contributed by atoms with van der Waals surface area (Å²) in [5.41, 5.74) is 7.65. The molecule has 0 aromatic carbocycles. The van der Waals surface area contributed by atoms with Crippen LogP contribution in [0.15, 0.2) is 16.6 Å². The summed E-state index contributed by atoms with van der Waals surface area (Å²) in [4.78, 5) is 27.9. The van der Waals surface area contributed by atoms with Crippen molar-refractivity contribution in [2.45, 2.75) is 51.7 Å². The van der Waals surface area contributed by atoms with Gasteiger partial charge in [-0.3, -0.25) is 14.5 Å². The Morgan fingerprint density at radius 2 is 2.36 bits per heavy atom. The summed E-state index contributed by atoms with van der Waals surface area (Å²) < 4.78 is 0. The van der Waals surface area contributed by atoms with E-state index in [2.05, 4.69) is 21.3 Å². The number of aliphatic imine (C=N–C) groups is 1. The lowest BCUT2D eigenvalue weighted by Gasteiger charge is -2.26. The van der Waals surface area contributed by atoms with Crippen LogP contribution in [0.4, 0.5) is 5.69 Å². The van der Waals surface area contributed by atoms with Gasteiger partial charge < -0.3 is 11.1 Å². The van der Waals surface area contributed by atoms with Crippen molar-refractivity contribution in [3.05, 3.63) is 21.4 Å². The molecule has 152 valence electrons. The Balaban J connectivity index is 1.55. The van der Waals surface area contributed by atoms with Crippen molar-refractivity contribution in [2.24, 2.45) is 10.7 Å². The molecule has 1 aromatic heterocycles. The normalized spacial score (nSPS) is 23.9. The number of thiophene rings is 1. The number of hydrogen-bond donors (Lipinski definition) is 2. The fourth-order valence-corrected chi connectivity index (χ4v) is 5.33. The standard InChI is InChI=1S/C20H29N5O2S/c1-3-5-25(27-4-2)20(26)13-6-18-17(23-19(21)7-13)9-16(28-18)12-24-11-14-8-15(24)10-22-14/h6,9,14-15,22H,3-5,7-8,10-12H2,1-2H3,(H2,21,23)/t14-,15-/m1/s1. The van der Waals surface area contributed by atoms with E-state index >= 15 is 0 Å². The van der Waals surface area contributed by atoms with E-state index < -0.39 is 0 Å². The number of amidine groups is 1. The number of nitrogens with one attached hydrogen (secondary N) is 1. The molecule has 0 spiro atoms. The van der Waals surface area contributed by atoms with Gasteiger partial charge in [0.15, 0.2) is 0 Å². The number of likely N-dealkylation sites (tertiary alicyclic amines) is 1. The average Bonchev–Trinajstić information content (AvgIpc) is 3.35. The van der Waals surface area contributed by atoms with Gasteiger partial charge in [0.25, 0.3) is 5.91 Å². The molecule has 1 amide bonds. The Morgan fingerprint density at radius 1 is 1.50 bits per heavy atom. The maximum absolute atomic E-state index is 13.0. The van der Waals surface area contributed by atoms with Gasteiger partial charge in [-0.05, 0) is 31.9 Å².